The summed E-state index contributed by atoms with van der Waals surface area (Å²) in [5, 5.41) is 4.93. The minimum absolute atomic E-state index is 0.0808. The Morgan fingerprint density at radius 1 is 1.06 bits per heavy atom. The van der Waals surface area contributed by atoms with Crippen molar-refractivity contribution in [3.8, 4) is 11.8 Å². The lowest BCUT2D eigenvalue weighted by Crippen LogP contribution is -2.66. The maximum atomic E-state index is 15.1. The number of hydrogen-bond donors (Lipinski definition) is 1. The normalized spacial score (nSPS) is 18.2. The lowest BCUT2D eigenvalue weighted by atomic mass is 9.93. The Bertz CT molecular complexity index is 1040. The molecule has 0 spiro atoms. The maximum Gasteiger partial charge on any atom is 0.262 e. The molecule has 3 rings (SSSR count). The largest absolute Gasteiger partial charge is 0.396 e. The topological polar surface area (TPSA) is 38.3 Å². The summed E-state index contributed by atoms with van der Waals surface area (Å²) >= 11 is 0. The number of alkyl halides is 1. The summed E-state index contributed by atoms with van der Waals surface area (Å²) in [6, 6.07) is 20.8. The van der Waals surface area contributed by atoms with Gasteiger partial charge in [-0.2, -0.15) is 0 Å². The standard InChI is InChI=1S/C28H32FNO2Si/c1-23(31)30-24-17-20-28(29,21-18-24)19-11-12-22-32-33(27(2,3)4,25-13-7-5-8-14-25)26-15-9-6-10-16-26/h5-10,13-18,20H,19,21-22H2,1-4H3,(H,30,31). The molecule has 0 saturated carbocycles. The fourth-order valence-electron chi connectivity index (χ4n) is 4.25. The molecule has 1 unspecified atom stereocenters. The van der Waals surface area contributed by atoms with E-state index in [1.165, 1.54) is 23.4 Å². The molecule has 2 aromatic rings. The molecule has 0 heterocycles. The van der Waals surface area contributed by atoms with Crippen LogP contribution in [0.3, 0.4) is 0 Å². The fraction of sp³-hybridized carbons (Fsp3) is 0.321. The van der Waals surface area contributed by atoms with Crippen LogP contribution in [0.1, 0.15) is 40.5 Å². The van der Waals surface area contributed by atoms with Crippen LogP contribution in [0.2, 0.25) is 5.04 Å². The highest BCUT2D eigenvalue weighted by Crippen LogP contribution is 2.36. The minimum Gasteiger partial charge on any atom is -0.396 e. The number of benzene rings is 2. The van der Waals surface area contributed by atoms with Crippen molar-refractivity contribution >= 4 is 24.6 Å². The van der Waals surface area contributed by atoms with Crippen molar-refractivity contribution in [3.05, 3.63) is 84.6 Å². The van der Waals surface area contributed by atoms with Crippen LogP contribution < -0.4 is 15.7 Å². The second-order valence-corrected chi connectivity index (χ2v) is 13.7. The van der Waals surface area contributed by atoms with E-state index in [4.69, 9.17) is 4.43 Å². The molecule has 0 bridgehead atoms. The van der Waals surface area contributed by atoms with Crippen LogP contribution in [0.15, 0.2) is 84.6 Å². The molecule has 33 heavy (non-hydrogen) atoms. The second-order valence-electron chi connectivity index (χ2n) is 9.39. The van der Waals surface area contributed by atoms with E-state index in [-0.39, 0.29) is 30.4 Å². The van der Waals surface area contributed by atoms with E-state index in [9.17, 15) is 4.79 Å². The number of hydrogen-bond acceptors (Lipinski definition) is 2. The molecule has 0 saturated heterocycles. The van der Waals surface area contributed by atoms with Gasteiger partial charge < -0.3 is 9.74 Å². The van der Waals surface area contributed by atoms with Gasteiger partial charge in [-0.3, -0.25) is 4.79 Å². The van der Waals surface area contributed by atoms with Crippen LogP contribution in [-0.4, -0.2) is 26.5 Å². The van der Waals surface area contributed by atoms with Gasteiger partial charge in [0.2, 0.25) is 5.91 Å². The van der Waals surface area contributed by atoms with Crippen molar-refractivity contribution < 1.29 is 13.6 Å². The first-order valence-electron chi connectivity index (χ1n) is 11.2. The number of allylic oxidation sites excluding steroid dienone is 3. The van der Waals surface area contributed by atoms with Gasteiger partial charge in [0.25, 0.3) is 8.32 Å². The SMILES string of the molecule is CC(=O)NC1=CCC(F)(CC#CCO[Si](c2ccccc2)(c2ccccc2)C(C)(C)C)C=C1. The molecule has 1 aliphatic rings. The smallest absolute Gasteiger partial charge is 0.262 e. The molecule has 0 aromatic heterocycles. The molecule has 3 nitrogen and oxygen atoms in total. The van der Waals surface area contributed by atoms with Crippen LogP contribution in [-0.2, 0) is 9.22 Å². The first kappa shape index (κ1) is 24.7. The summed E-state index contributed by atoms with van der Waals surface area (Å²) in [5.74, 6) is 5.88. The third kappa shape index (κ3) is 5.90. The van der Waals surface area contributed by atoms with Crippen LogP contribution in [0.25, 0.3) is 0 Å². The van der Waals surface area contributed by atoms with Gasteiger partial charge in [-0.1, -0.05) is 99.4 Å². The van der Waals surface area contributed by atoms with Crippen molar-refractivity contribution in [1.29, 1.82) is 0 Å². The first-order chi connectivity index (χ1) is 15.7. The highest BCUT2D eigenvalue weighted by atomic mass is 28.4. The molecule has 1 amide bonds. The molecule has 1 atom stereocenters. The number of carbonyl (C=O) groups is 1. The Kier molecular flexibility index (Phi) is 7.73. The van der Waals surface area contributed by atoms with Crippen molar-refractivity contribution in [2.24, 2.45) is 0 Å². The average Bonchev–Trinajstić information content (AvgIpc) is 2.78. The van der Waals surface area contributed by atoms with E-state index in [1.807, 2.05) is 36.4 Å². The Balaban J connectivity index is 1.78. The summed E-state index contributed by atoms with van der Waals surface area (Å²) in [7, 11) is -2.64. The van der Waals surface area contributed by atoms with Crippen LogP contribution in [0.4, 0.5) is 4.39 Å². The summed E-state index contributed by atoms with van der Waals surface area (Å²) < 4.78 is 21.8. The predicted molar refractivity (Wildman–Crippen MR) is 135 cm³/mol. The van der Waals surface area contributed by atoms with Crippen molar-refractivity contribution in [1.82, 2.24) is 5.32 Å². The second kappa shape index (κ2) is 10.3. The van der Waals surface area contributed by atoms with Gasteiger partial charge in [-0.15, -0.1) is 0 Å². The van der Waals surface area contributed by atoms with Crippen molar-refractivity contribution in [3.63, 3.8) is 0 Å². The van der Waals surface area contributed by atoms with Crippen LogP contribution in [0, 0.1) is 11.8 Å². The molecular formula is C28H32FNO2Si. The summed E-state index contributed by atoms with van der Waals surface area (Å²) in [5.41, 5.74) is -0.912. The van der Waals surface area contributed by atoms with Gasteiger partial charge in [0, 0.05) is 25.5 Å². The lowest BCUT2D eigenvalue weighted by Gasteiger charge is -2.42. The Morgan fingerprint density at radius 3 is 2.09 bits per heavy atom. The molecule has 5 heteroatoms. The molecule has 172 valence electrons. The summed E-state index contributed by atoms with van der Waals surface area (Å²) in [6.07, 6.45) is 5.05. The highest BCUT2D eigenvalue weighted by molar-refractivity contribution is 6.99. The van der Waals surface area contributed by atoms with E-state index in [2.05, 4.69) is 62.2 Å². The number of halogens is 1. The number of rotatable bonds is 6. The molecule has 0 radical (unpaired) electrons. The minimum atomic E-state index is -2.64. The monoisotopic (exact) mass is 461 g/mol. The quantitative estimate of drug-likeness (QED) is 0.503. The molecular weight excluding hydrogens is 429 g/mol. The van der Waals surface area contributed by atoms with Gasteiger partial charge in [-0.25, -0.2) is 4.39 Å². The summed E-state index contributed by atoms with van der Waals surface area (Å²) in [6.45, 7) is 8.32. The molecule has 1 aliphatic carbocycles. The van der Waals surface area contributed by atoms with Gasteiger partial charge in [0.1, 0.15) is 5.67 Å². The zero-order valence-corrected chi connectivity index (χ0v) is 20.8. The third-order valence-corrected chi connectivity index (χ3v) is 10.8. The van der Waals surface area contributed by atoms with E-state index in [0.29, 0.717) is 5.70 Å². The highest BCUT2D eigenvalue weighted by Gasteiger charge is 2.50. The maximum absolute atomic E-state index is 15.1. The van der Waals surface area contributed by atoms with Crippen LogP contribution in [0.5, 0.6) is 0 Å². The Labute approximate surface area is 197 Å². The number of carbonyl (C=O) groups excluding carboxylic acids is 1. The summed E-state index contributed by atoms with van der Waals surface area (Å²) in [4.78, 5) is 11.2. The van der Waals surface area contributed by atoms with Gasteiger partial charge >= 0.3 is 0 Å². The van der Waals surface area contributed by atoms with E-state index >= 15 is 4.39 Å². The van der Waals surface area contributed by atoms with Crippen LogP contribution >= 0.6 is 0 Å². The predicted octanol–water partition coefficient (Wildman–Crippen LogP) is 4.64. The van der Waals surface area contributed by atoms with Gasteiger partial charge in [-0.05, 0) is 27.6 Å². The van der Waals surface area contributed by atoms with Crippen molar-refractivity contribution in [2.45, 2.75) is 51.2 Å². The zero-order valence-electron chi connectivity index (χ0n) is 19.8. The Morgan fingerprint density at radius 2 is 1.64 bits per heavy atom. The molecule has 1 N–H and O–H groups in total. The van der Waals surface area contributed by atoms with E-state index < -0.39 is 14.0 Å². The molecule has 0 aliphatic heterocycles. The number of amides is 1. The Hall–Kier alpha value is -2.94. The fourth-order valence-corrected chi connectivity index (χ4v) is 8.69. The average molecular weight is 462 g/mol. The first-order valence-corrected chi connectivity index (χ1v) is 13.1. The van der Waals surface area contributed by atoms with Gasteiger partial charge in [0.15, 0.2) is 0 Å². The lowest BCUT2D eigenvalue weighted by molar-refractivity contribution is -0.118. The van der Waals surface area contributed by atoms with E-state index in [1.54, 1.807) is 12.2 Å². The van der Waals surface area contributed by atoms with Crippen molar-refractivity contribution in [2.75, 3.05) is 6.61 Å². The molecule has 0 fully saturated rings. The zero-order chi connectivity index (χ0) is 24.0. The van der Waals surface area contributed by atoms with E-state index in [0.717, 1.165) is 0 Å². The third-order valence-electron chi connectivity index (χ3n) is 5.83. The molecule has 2 aromatic carbocycles. The van der Waals surface area contributed by atoms with Gasteiger partial charge in [0.05, 0.1) is 6.61 Å². The number of nitrogens with one attached hydrogen (secondary N) is 1.